The third kappa shape index (κ3) is 3.28. The molecular formula is C20H18N2O6. The number of aromatic nitrogens is 2. The predicted molar refractivity (Wildman–Crippen MR) is 97.7 cm³/mol. The fourth-order valence-electron chi connectivity index (χ4n) is 2.97. The van der Waals surface area contributed by atoms with E-state index in [0.29, 0.717) is 16.9 Å². The van der Waals surface area contributed by atoms with Gasteiger partial charge in [0.15, 0.2) is 23.7 Å². The van der Waals surface area contributed by atoms with Crippen molar-refractivity contribution in [2.75, 3.05) is 13.2 Å². The quantitative estimate of drug-likeness (QED) is 0.687. The van der Waals surface area contributed by atoms with Crippen molar-refractivity contribution in [3.63, 3.8) is 0 Å². The number of nitrogens with zero attached hydrogens (tertiary/aromatic N) is 2. The third-order valence-electron chi connectivity index (χ3n) is 4.47. The number of pyridine rings is 2. The van der Waals surface area contributed by atoms with Crippen molar-refractivity contribution >= 4 is 22.7 Å². The molecule has 1 aliphatic carbocycles. The largest absolute Gasteiger partial charge is 0.504 e. The van der Waals surface area contributed by atoms with E-state index in [1.807, 2.05) is 0 Å². The molecule has 1 N–H and O–H groups in total. The minimum atomic E-state index is -0.675. The first-order valence-electron chi connectivity index (χ1n) is 8.97. The monoisotopic (exact) mass is 382 g/mol. The summed E-state index contributed by atoms with van der Waals surface area (Å²) in [6.45, 7) is 2.10. The molecule has 3 aromatic heterocycles. The Hall–Kier alpha value is -3.42. The average Bonchev–Trinajstić information content (AvgIpc) is 3.41. The van der Waals surface area contributed by atoms with E-state index in [4.69, 9.17) is 13.9 Å². The van der Waals surface area contributed by atoms with Gasteiger partial charge in [-0.3, -0.25) is 14.8 Å². The Kier molecular flexibility index (Phi) is 4.68. The first kappa shape index (κ1) is 18.0. The fraction of sp³-hybridized carbons (Fsp3) is 0.300. The number of furan rings is 1. The van der Waals surface area contributed by atoms with Gasteiger partial charge in [0.2, 0.25) is 5.78 Å². The summed E-state index contributed by atoms with van der Waals surface area (Å²) < 4.78 is 15.2. The molecule has 0 amide bonds. The summed E-state index contributed by atoms with van der Waals surface area (Å²) in [7, 11) is 0. The number of aromatic hydroxyl groups is 1. The molecule has 1 fully saturated rings. The zero-order valence-electron chi connectivity index (χ0n) is 15.2. The highest BCUT2D eigenvalue weighted by Gasteiger charge is 2.33. The lowest BCUT2D eigenvalue weighted by Gasteiger charge is -2.02. The van der Waals surface area contributed by atoms with Gasteiger partial charge >= 0.3 is 5.97 Å². The molecule has 28 heavy (non-hydrogen) atoms. The molecule has 1 saturated carbocycles. The van der Waals surface area contributed by atoms with Crippen LogP contribution in [-0.2, 0) is 4.74 Å². The van der Waals surface area contributed by atoms with Gasteiger partial charge in [0.05, 0.1) is 29.4 Å². The van der Waals surface area contributed by atoms with Crippen LogP contribution in [0.4, 0.5) is 0 Å². The number of carbonyl (C=O) groups excluding carboxylic acids is 2. The molecular weight excluding hydrogens is 364 g/mol. The van der Waals surface area contributed by atoms with E-state index in [0.717, 1.165) is 17.0 Å². The van der Waals surface area contributed by atoms with Gasteiger partial charge in [0, 0.05) is 18.3 Å². The SMILES string of the molecule is CCOC(=O)c1oc2cnccc2c1O.O=C1COc2c1ccnc2C1CC1. The minimum Gasteiger partial charge on any atom is -0.504 e. The lowest BCUT2D eigenvalue weighted by molar-refractivity contribution is 0.0488. The maximum atomic E-state index is 11.3. The molecule has 0 spiro atoms. The molecule has 0 unspecified atom stereocenters. The molecule has 0 aromatic carbocycles. The number of ether oxygens (including phenoxy) is 2. The smallest absolute Gasteiger partial charge is 0.378 e. The van der Waals surface area contributed by atoms with Gasteiger partial charge in [-0.1, -0.05) is 0 Å². The summed E-state index contributed by atoms with van der Waals surface area (Å²) in [6.07, 6.45) is 7.01. The van der Waals surface area contributed by atoms with Crippen molar-refractivity contribution in [1.82, 2.24) is 9.97 Å². The van der Waals surface area contributed by atoms with Crippen molar-refractivity contribution in [2.24, 2.45) is 0 Å². The van der Waals surface area contributed by atoms with E-state index in [-0.39, 0.29) is 30.5 Å². The molecule has 0 radical (unpaired) electrons. The molecule has 3 aromatic rings. The van der Waals surface area contributed by atoms with Crippen LogP contribution in [-0.4, -0.2) is 40.0 Å². The van der Waals surface area contributed by atoms with Crippen LogP contribution in [0.2, 0.25) is 0 Å². The van der Waals surface area contributed by atoms with Crippen LogP contribution < -0.4 is 4.74 Å². The maximum Gasteiger partial charge on any atom is 0.378 e. The summed E-state index contributed by atoms with van der Waals surface area (Å²) in [5, 5.41) is 10.1. The van der Waals surface area contributed by atoms with E-state index in [1.165, 1.54) is 25.2 Å². The van der Waals surface area contributed by atoms with Crippen LogP contribution in [0.5, 0.6) is 11.5 Å². The van der Waals surface area contributed by atoms with Gasteiger partial charge in [-0.15, -0.1) is 0 Å². The van der Waals surface area contributed by atoms with Gasteiger partial charge in [-0.25, -0.2) is 4.79 Å². The van der Waals surface area contributed by atoms with Crippen LogP contribution in [0.15, 0.2) is 35.1 Å². The van der Waals surface area contributed by atoms with E-state index in [9.17, 15) is 14.7 Å². The number of Topliss-reactive ketones (excluding diaryl/α,β-unsaturated/α-hetero) is 1. The van der Waals surface area contributed by atoms with Crippen molar-refractivity contribution in [3.05, 3.63) is 47.7 Å². The zero-order valence-corrected chi connectivity index (χ0v) is 15.2. The maximum absolute atomic E-state index is 11.3. The number of fused-ring (bicyclic) bond motifs is 2. The van der Waals surface area contributed by atoms with Gasteiger partial charge in [0.1, 0.15) is 0 Å². The van der Waals surface area contributed by atoms with E-state index in [2.05, 4.69) is 9.97 Å². The number of hydrogen-bond donors (Lipinski definition) is 1. The van der Waals surface area contributed by atoms with Gasteiger partial charge in [-0.05, 0) is 31.9 Å². The number of esters is 1. The Morgan fingerprint density at radius 1 is 1.32 bits per heavy atom. The molecule has 8 nitrogen and oxygen atoms in total. The van der Waals surface area contributed by atoms with E-state index in [1.54, 1.807) is 25.3 Å². The predicted octanol–water partition coefficient (Wildman–Crippen LogP) is 3.24. The molecule has 0 saturated heterocycles. The molecule has 1 aliphatic heterocycles. The van der Waals surface area contributed by atoms with Crippen LogP contribution in [0, 0.1) is 0 Å². The summed E-state index contributed by atoms with van der Waals surface area (Å²) in [6, 6.07) is 3.31. The van der Waals surface area contributed by atoms with Gasteiger partial charge < -0.3 is 19.0 Å². The second-order valence-electron chi connectivity index (χ2n) is 6.43. The highest BCUT2D eigenvalue weighted by molar-refractivity contribution is 6.02. The molecule has 0 bridgehead atoms. The number of carbonyl (C=O) groups is 2. The second kappa shape index (κ2) is 7.30. The highest BCUT2D eigenvalue weighted by atomic mass is 16.5. The standard InChI is InChI=1S/C10H9NO4.C10H9NO2/c1-2-14-10(13)9-8(12)6-3-4-11-5-7(6)15-9;12-8-5-13-10-7(8)3-4-11-9(10)6-1-2-6/h3-5,12H,2H2,1H3;3-4,6H,1-2,5H2. The van der Waals surface area contributed by atoms with Crippen molar-refractivity contribution in [3.8, 4) is 11.5 Å². The molecule has 4 heterocycles. The number of rotatable bonds is 3. The summed E-state index contributed by atoms with van der Waals surface area (Å²) >= 11 is 0. The van der Waals surface area contributed by atoms with Crippen molar-refractivity contribution in [1.29, 1.82) is 0 Å². The first-order valence-corrected chi connectivity index (χ1v) is 8.97. The minimum absolute atomic E-state index is 0.0827. The van der Waals surface area contributed by atoms with Crippen LogP contribution in [0.3, 0.4) is 0 Å². The molecule has 0 atom stereocenters. The Morgan fingerprint density at radius 3 is 2.86 bits per heavy atom. The van der Waals surface area contributed by atoms with E-state index >= 15 is 0 Å². The molecule has 8 heteroatoms. The van der Waals surface area contributed by atoms with Crippen molar-refractivity contribution < 1.29 is 28.6 Å². The summed E-state index contributed by atoms with van der Waals surface area (Å²) in [4.78, 5) is 30.7. The lowest BCUT2D eigenvalue weighted by Crippen LogP contribution is -2.02. The van der Waals surface area contributed by atoms with Crippen LogP contribution in [0.1, 0.15) is 52.3 Å². The van der Waals surface area contributed by atoms with Gasteiger partial charge in [0.25, 0.3) is 5.76 Å². The average molecular weight is 382 g/mol. The number of ketones is 1. The van der Waals surface area contributed by atoms with Crippen LogP contribution >= 0.6 is 0 Å². The normalized spacial score (nSPS) is 14.8. The molecule has 2 aliphatic rings. The van der Waals surface area contributed by atoms with E-state index < -0.39 is 5.97 Å². The summed E-state index contributed by atoms with van der Waals surface area (Å²) in [5.74, 6) is 0.312. The van der Waals surface area contributed by atoms with Gasteiger partial charge in [-0.2, -0.15) is 0 Å². The third-order valence-corrected chi connectivity index (χ3v) is 4.47. The second-order valence-corrected chi connectivity index (χ2v) is 6.43. The Balaban J connectivity index is 0.000000138. The summed E-state index contributed by atoms with van der Waals surface area (Å²) in [5.41, 5.74) is 2.07. The molecule has 5 rings (SSSR count). The first-order chi connectivity index (χ1) is 13.6. The molecule has 144 valence electrons. The Bertz CT molecular complexity index is 1050. The van der Waals surface area contributed by atoms with Crippen molar-refractivity contribution in [2.45, 2.75) is 25.7 Å². The Morgan fingerprint density at radius 2 is 2.14 bits per heavy atom. The van der Waals surface area contributed by atoms with Crippen LogP contribution in [0.25, 0.3) is 11.0 Å². The lowest BCUT2D eigenvalue weighted by atomic mass is 10.1. The topological polar surface area (TPSA) is 112 Å². The zero-order chi connectivity index (χ0) is 19.7. The Labute approximate surface area is 160 Å². The fourth-order valence-corrected chi connectivity index (χ4v) is 2.97. The highest BCUT2D eigenvalue weighted by Crippen LogP contribution is 2.45. The number of hydrogen-bond acceptors (Lipinski definition) is 8.